The van der Waals surface area contributed by atoms with Gasteiger partial charge in [0.1, 0.15) is 0 Å². The van der Waals surface area contributed by atoms with E-state index in [9.17, 15) is 5.11 Å². The number of rotatable bonds is 3. The van der Waals surface area contributed by atoms with Gasteiger partial charge in [-0.1, -0.05) is 37.1 Å². The predicted molar refractivity (Wildman–Crippen MR) is 93.7 cm³/mol. The Morgan fingerprint density at radius 2 is 1.48 bits per heavy atom. The maximum Gasteiger partial charge on any atom is 0.494 e. The predicted octanol–water partition coefficient (Wildman–Crippen LogP) is 3.38. The zero-order valence-corrected chi connectivity index (χ0v) is 15.1. The van der Waals surface area contributed by atoms with Crippen molar-refractivity contribution in [3.8, 4) is 0 Å². The van der Waals surface area contributed by atoms with Crippen molar-refractivity contribution in [1.29, 1.82) is 0 Å². The number of aliphatic hydroxyl groups is 1. The highest BCUT2D eigenvalue weighted by Gasteiger charge is 2.51. The third-order valence-corrected chi connectivity index (χ3v) is 6.17. The molecule has 1 aliphatic carbocycles. The third kappa shape index (κ3) is 2.97. The van der Waals surface area contributed by atoms with Crippen LogP contribution < -0.4 is 5.46 Å². The highest BCUT2D eigenvalue weighted by atomic mass is 16.7. The van der Waals surface area contributed by atoms with Crippen molar-refractivity contribution >= 4 is 12.6 Å². The molecule has 0 aromatic heterocycles. The molecule has 0 bridgehead atoms. The smallest absolute Gasteiger partial charge is 0.399 e. The fourth-order valence-corrected chi connectivity index (χ4v) is 3.68. The van der Waals surface area contributed by atoms with E-state index in [1.54, 1.807) is 0 Å². The van der Waals surface area contributed by atoms with Gasteiger partial charge in [-0.3, -0.25) is 0 Å². The summed E-state index contributed by atoms with van der Waals surface area (Å²) < 4.78 is 12.2. The summed E-state index contributed by atoms with van der Waals surface area (Å²) in [6, 6.07) is 8.11. The molecule has 2 fully saturated rings. The molecule has 1 N–H and O–H groups in total. The van der Waals surface area contributed by atoms with E-state index in [0.29, 0.717) is 5.92 Å². The van der Waals surface area contributed by atoms with Crippen molar-refractivity contribution < 1.29 is 14.4 Å². The maximum atomic E-state index is 10.9. The molecule has 23 heavy (non-hydrogen) atoms. The second-order valence-corrected chi connectivity index (χ2v) is 8.34. The lowest BCUT2D eigenvalue weighted by Gasteiger charge is -2.32. The standard InChI is InChI=1S/C19H29BO3/c1-17(2)18(3,4)23-20(22-17)16-12-10-15(11-13-16)19(5,21)14-8-6-7-9-14/h10-14,21H,6-9H2,1-5H3. The number of benzene rings is 1. The van der Waals surface area contributed by atoms with E-state index < -0.39 is 5.60 Å². The average Bonchev–Trinajstić information content (AvgIpc) is 3.07. The Labute approximate surface area is 140 Å². The zero-order chi connectivity index (χ0) is 16.9. The van der Waals surface area contributed by atoms with E-state index in [2.05, 4.69) is 27.7 Å². The van der Waals surface area contributed by atoms with Crippen molar-refractivity contribution in [3.05, 3.63) is 29.8 Å². The molecule has 1 saturated carbocycles. The van der Waals surface area contributed by atoms with E-state index in [4.69, 9.17) is 9.31 Å². The third-order valence-electron chi connectivity index (χ3n) is 6.17. The minimum absolute atomic E-state index is 0.328. The monoisotopic (exact) mass is 316 g/mol. The first-order valence-electron chi connectivity index (χ1n) is 8.82. The molecule has 1 aliphatic heterocycles. The van der Waals surface area contributed by atoms with Crippen molar-refractivity contribution in [3.63, 3.8) is 0 Å². The van der Waals surface area contributed by atoms with Gasteiger partial charge in [0.25, 0.3) is 0 Å². The van der Waals surface area contributed by atoms with Gasteiger partial charge in [0.2, 0.25) is 0 Å². The summed E-state index contributed by atoms with van der Waals surface area (Å²) in [7, 11) is -0.342. The quantitative estimate of drug-likeness (QED) is 0.869. The van der Waals surface area contributed by atoms with Crippen LogP contribution in [0.5, 0.6) is 0 Å². The fourth-order valence-electron chi connectivity index (χ4n) is 3.68. The lowest BCUT2D eigenvalue weighted by atomic mass is 9.76. The first kappa shape index (κ1) is 17.0. The van der Waals surface area contributed by atoms with E-state index in [0.717, 1.165) is 23.9 Å². The molecular weight excluding hydrogens is 287 g/mol. The molecule has 126 valence electrons. The number of hydrogen-bond donors (Lipinski definition) is 1. The summed E-state index contributed by atoms with van der Waals surface area (Å²) in [5.41, 5.74) is 0.599. The molecule has 1 heterocycles. The molecule has 3 rings (SSSR count). The SMILES string of the molecule is CC(O)(c1ccc(B2OC(C)(C)C(C)(C)O2)cc1)C1CCCC1. The lowest BCUT2D eigenvalue weighted by Crippen LogP contribution is -2.41. The van der Waals surface area contributed by atoms with Gasteiger partial charge < -0.3 is 14.4 Å². The van der Waals surface area contributed by atoms with E-state index in [1.807, 2.05) is 31.2 Å². The lowest BCUT2D eigenvalue weighted by molar-refractivity contribution is -0.00331. The summed E-state index contributed by atoms with van der Waals surface area (Å²) >= 11 is 0. The van der Waals surface area contributed by atoms with Crippen LogP contribution in [0.2, 0.25) is 0 Å². The Hall–Kier alpha value is -0.835. The second-order valence-electron chi connectivity index (χ2n) is 8.34. The molecule has 0 amide bonds. The first-order valence-corrected chi connectivity index (χ1v) is 8.82. The first-order chi connectivity index (χ1) is 10.6. The van der Waals surface area contributed by atoms with Crippen LogP contribution in [0.15, 0.2) is 24.3 Å². The van der Waals surface area contributed by atoms with Gasteiger partial charge in [-0.25, -0.2) is 0 Å². The molecule has 4 heteroatoms. The van der Waals surface area contributed by atoms with Crippen molar-refractivity contribution in [2.75, 3.05) is 0 Å². The topological polar surface area (TPSA) is 38.7 Å². The molecule has 1 aromatic rings. The largest absolute Gasteiger partial charge is 0.494 e. The van der Waals surface area contributed by atoms with Crippen LogP contribution in [0, 0.1) is 5.92 Å². The Balaban J connectivity index is 1.78. The van der Waals surface area contributed by atoms with Gasteiger partial charge in [0.05, 0.1) is 16.8 Å². The van der Waals surface area contributed by atoms with Gasteiger partial charge in [-0.15, -0.1) is 0 Å². The van der Waals surface area contributed by atoms with Crippen LogP contribution in [-0.2, 0) is 14.9 Å². The molecule has 1 aromatic carbocycles. The van der Waals surface area contributed by atoms with Gasteiger partial charge >= 0.3 is 7.12 Å². The summed E-state index contributed by atoms with van der Waals surface area (Å²) in [4.78, 5) is 0. The van der Waals surface area contributed by atoms with Crippen LogP contribution in [-0.4, -0.2) is 23.4 Å². The highest BCUT2D eigenvalue weighted by Crippen LogP contribution is 2.40. The highest BCUT2D eigenvalue weighted by molar-refractivity contribution is 6.62. The molecule has 2 aliphatic rings. The maximum absolute atomic E-state index is 10.9. The fraction of sp³-hybridized carbons (Fsp3) is 0.684. The Bertz CT molecular complexity index is 540. The molecule has 1 atom stereocenters. The van der Waals surface area contributed by atoms with Gasteiger partial charge in [0, 0.05) is 0 Å². The minimum Gasteiger partial charge on any atom is -0.399 e. The van der Waals surface area contributed by atoms with Crippen LogP contribution in [0.4, 0.5) is 0 Å². The van der Waals surface area contributed by atoms with Crippen LogP contribution >= 0.6 is 0 Å². The van der Waals surface area contributed by atoms with E-state index in [-0.39, 0.29) is 18.3 Å². The average molecular weight is 316 g/mol. The zero-order valence-electron chi connectivity index (χ0n) is 15.1. The van der Waals surface area contributed by atoms with Gasteiger partial charge in [-0.05, 0) is 64.4 Å². The summed E-state index contributed by atoms with van der Waals surface area (Å²) in [6.07, 6.45) is 4.69. The Kier molecular flexibility index (Phi) is 4.15. The van der Waals surface area contributed by atoms with Crippen molar-refractivity contribution in [2.24, 2.45) is 5.92 Å². The molecule has 1 unspecified atom stereocenters. The van der Waals surface area contributed by atoms with Gasteiger partial charge in [-0.2, -0.15) is 0 Å². The van der Waals surface area contributed by atoms with Crippen LogP contribution in [0.25, 0.3) is 0 Å². The summed E-state index contributed by atoms with van der Waals surface area (Å²) in [6.45, 7) is 10.2. The Morgan fingerprint density at radius 1 is 1.00 bits per heavy atom. The normalized spacial score (nSPS) is 26.4. The van der Waals surface area contributed by atoms with Gasteiger partial charge in [0.15, 0.2) is 0 Å². The van der Waals surface area contributed by atoms with E-state index in [1.165, 1.54) is 12.8 Å². The molecule has 0 radical (unpaired) electrons. The Morgan fingerprint density at radius 3 is 1.96 bits per heavy atom. The summed E-state index contributed by atoms with van der Waals surface area (Å²) in [5, 5.41) is 10.9. The van der Waals surface area contributed by atoms with Crippen molar-refractivity contribution in [1.82, 2.24) is 0 Å². The molecule has 3 nitrogen and oxygen atoms in total. The summed E-state index contributed by atoms with van der Waals surface area (Å²) in [5.74, 6) is 0.366. The van der Waals surface area contributed by atoms with E-state index >= 15 is 0 Å². The van der Waals surface area contributed by atoms with Crippen molar-refractivity contribution in [2.45, 2.75) is 77.1 Å². The molecule has 0 spiro atoms. The number of hydrogen-bond acceptors (Lipinski definition) is 3. The molecule has 1 saturated heterocycles. The molecular formula is C19H29BO3. The second kappa shape index (κ2) is 5.61. The van der Waals surface area contributed by atoms with Crippen LogP contribution in [0.1, 0.15) is 65.9 Å². The van der Waals surface area contributed by atoms with Crippen LogP contribution in [0.3, 0.4) is 0 Å². The minimum atomic E-state index is -0.745.